The maximum absolute atomic E-state index is 9.11. The Labute approximate surface area is 210 Å². The fraction of sp³-hybridized carbons (Fsp3) is 0.565. The molecule has 180 valence electrons. The molecule has 2 aromatic rings. The van der Waals surface area contributed by atoms with Gasteiger partial charge >= 0.3 is 0 Å². The molecule has 1 unspecified atom stereocenters. The molecule has 1 aromatic carbocycles. The molecule has 0 aliphatic carbocycles. The molecule has 1 aromatic heterocycles. The van der Waals surface area contributed by atoms with Gasteiger partial charge in [0.05, 0.1) is 31.1 Å². The van der Waals surface area contributed by atoms with E-state index >= 15 is 0 Å². The van der Waals surface area contributed by atoms with Gasteiger partial charge in [0.1, 0.15) is 5.02 Å². The first-order chi connectivity index (χ1) is 15.9. The van der Waals surface area contributed by atoms with E-state index in [0.717, 1.165) is 57.5 Å². The molecule has 2 aliphatic heterocycles. The summed E-state index contributed by atoms with van der Waals surface area (Å²) in [6.07, 6.45) is 5.04. The molecule has 2 aliphatic rings. The van der Waals surface area contributed by atoms with Gasteiger partial charge in [0, 0.05) is 42.8 Å². The largest absolute Gasteiger partial charge is 0.395 e. The maximum atomic E-state index is 9.11. The minimum atomic E-state index is -0.106. The van der Waals surface area contributed by atoms with E-state index in [1.807, 2.05) is 19.1 Å². The molecule has 0 bridgehead atoms. The van der Waals surface area contributed by atoms with E-state index in [0.29, 0.717) is 26.8 Å². The predicted octanol–water partition coefficient (Wildman–Crippen LogP) is 4.66. The Kier molecular flexibility index (Phi) is 8.54. The molecule has 3 heterocycles. The van der Waals surface area contributed by atoms with E-state index < -0.39 is 0 Å². The van der Waals surface area contributed by atoms with E-state index in [9.17, 15) is 0 Å². The quantitative estimate of drug-likeness (QED) is 0.531. The Morgan fingerprint density at radius 3 is 2.61 bits per heavy atom. The van der Waals surface area contributed by atoms with Crippen molar-refractivity contribution >= 4 is 46.6 Å². The minimum Gasteiger partial charge on any atom is -0.395 e. The fourth-order valence-corrected chi connectivity index (χ4v) is 5.18. The molecule has 2 saturated heterocycles. The van der Waals surface area contributed by atoms with Crippen LogP contribution in [0.5, 0.6) is 0 Å². The van der Waals surface area contributed by atoms with Gasteiger partial charge in [-0.3, -0.25) is 4.90 Å². The zero-order chi connectivity index (χ0) is 23.4. The summed E-state index contributed by atoms with van der Waals surface area (Å²) in [4.78, 5) is 13.6. The second kappa shape index (κ2) is 11.4. The first-order valence-electron chi connectivity index (χ1n) is 11.4. The van der Waals surface area contributed by atoms with E-state index in [4.69, 9.17) is 49.6 Å². The molecule has 33 heavy (non-hydrogen) atoms. The third kappa shape index (κ3) is 6.41. The van der Waals surface area contributed by atoms with E-state index in [1.54, 1.807) is 12.3 Å². The Balaban J connectivity index is 1.33. The van der Waals surface area contributed by atoms with Crippen LogP contribution in [0.4, 0.5) is 11.8 Å². The van der Waals surface area contributed by atoms with Crippen molar-refractivity contribution < 1.29 is 9.84 Å². The molecule has 0 spiro atoms. The highest BCUT2D eigenvalue weighted by Crippen LogP contribution is 2.31. The predicted molar refractivity (Wildman–Crippen MR) is 134 cm³/mol. The lowest BCUT2D eigenvalue weighted by atomic mass is 10.1. The first-order valence-corrected chi connectivity index (χ1v) is 12.5. The van der Waals surface area contributed by atoms with Crippen molar-refractivity contribution in [3.8, 4) is 0 Å². The van der Waals surface area contributed by atoms with Gasteiger partial charge in [-0.2, -0.15) is 4.98 Å². The van der Waals surface area contributed by atoms with Crippen LogP contribution in [-0.2, 0) is 4.74 Å². The third-order valence-corrected chi connectivity index (χ3v) is 7.11. The summed E-state index contributed by atoms with van der Waals surface area (Å²) in [5.74, 6) is 1.23. The van der Waals surface area contributed by atoms with Crippen molar-refractivity contribution in [3.05, 3.63) is 45.0 Å². The van der Waals surface area contributed by atoms with Crippen molar-refractivity contribution in [3.63, 3.8) is 0 Å². The summed E-state index contributed by atoms with van der Waals surface area (Å²) in [5, 5.41) is 14.1. The second-order valence-electron chi connectivity index (χ2n) is 8.66. The normalized spacial score (nSPS) is 20.9. The van der Waals surface area contributed by atoms with Crippen LogP contribution in [0, 0.1) is 0 Å². The van der Waals surface area contributed by atoms with E-state index in [-0.39, 0.29) is 24.9 Å². The Bertz CT molecular complexity index is 942. The average Bonchev–Trinajstić information content (AvgIpc) is 3.23. The Morgan fingerprint density at radius 1 is 1.12 bits per heavy atom. The van der Waals surface area contributed by atoms with E-state index in [2.05, 4.69) is 20.1 Å². The van der Waals surface area contributed by atoms with Crippen LogP contribution in [-0.4, -0.2) is 71.5 Å². The van der Waals surface area contributed by atoms with Crippen molar-refractivity contribution in [2.45, 2.75) is 44.4 Å². The van der Waals surface area contributed by atoms with Gasteiger partial charge in [0.2, 0.25) is 5.95 Å². The molecule has 2 N–H and O–H groups in total. The van der Waals surface area contributed by atoms with Crippen LogP contribution in [0.3, 0.4) is 0 Å². The molecular weight excluding hydrogens is 485 g/mol. The van der Waals surface area contributed by atoms with Gasteiger partial charge in [-0.15, -0.1) is 0 Å². The number of aliphatic hydroxyl groups is 1. The number of aliphatic hydroxyl groups excluding tert-OH is 1. The number of hydrogen-bond donors (Lipinski definition) is 2. The smallest absolute Gasteiger partial charge is 0.227 e. The molecule has 10 heteroatoms. The summed E-state index contributed by atoms with van der Waals surface area (Å²) in [6.45, 7) is 6.50. The standard InChI is InChI=1S/C23H30Cl3N5O2/c1-15(19-3-2-16(24)12-20(19)25)28-22-21(26)13-27-23(29-22)31-8-5-17(6-9-31)33-18-4-7-30(14-18)10-11-32/h2-3,12-13,15,17-18,32H,4-11,14H2,1H3,(H,27,28,29)/t15-,18?/m1/s1. The number of halogens is 3. The fourth-order valence-electron chi connectivity index (χ4n) is 4.46. The second-order valence-corrected chi connectivity index (χ2v) is 9.91. The number of ether oxygens (including phenoxy) is 1. The van der Waals surface area contributed by atoms with Gasteiger partial charge in [-0.1, -0.05) is 40.9 Å². The summed E-state index contributed by atoms with van der Waals surface area (Å²) in [7, 11) is 0. The number of aromatic nitrogens is 2. The molecule has 0 saturated carbocycles. The lowest BCUT2D eigenvalue weighted by Gasteiger charge is -2.33. The average molecular weight is 515 g/mol. The molecule has 2 atom stereocenters. The van der Waals surface area contributed by atoms with Gasteiger partial charge in [0.15, 0.2) is 5.82 Å². The number of likely N-dealkylation sites (tertiary alicyclic amines) is 1. The molecule has 7 nitrogen and oxygen atoms in total. The lowest BCUT2D eigenvalue weighted by Crippen LogP contribution is -2.40. The van der Waals surface area contributed by atoms with Crippen LogP contribution < -0.4 is 10.2 Å². The summed E-state index contributed by atoms with van der Waals surface area (Å²) < 4.78 is 6.33. The van der Waals surface area contributed by atoms with Crippen LogP contribution in [0.15, 0.2) is 24.4 Å². The van der Waals surface area contributed by atoms with Gasteiger partial charge in [-0.05, 0) is 43.9 Å². The van der Waals surface area contributed by atoms with Gasteiger partial charge in [-0.25, -0.2) is 4.98 Å². The number of benzene rings is 1. The Morgan fingerprint density at radius 2 is 1.88 bits per heavy atom. The highest BCUT2D eigenvalue weighted by atomic mass is 35.5. The highest BCUT2D eigenvalue weighted by Gasteiger charge is 2.28. The number of β-amino-alcohol motifs (C(OH)–C–C–N with tert-alkyl or cyclic N) is 1. The van der Waals surface area contributed by atoms with Crippen LogP contribution >= 0.6 is 34.8 Å². The molecule has 0 amide bonds. The number of nitrogens with one attached hydrogen (secondary N) is 1. The van der Waals surface area contributed by atoms with Gasteiger partial charge < -0.3 is 20.1 Å². The van der Waals surface area contributed by atoms with Crippen LogP contribution in [0.25, 0.3) is 0 Å². The zero-order valence-corrected chi connectivity index (χ0v) is 21.0. The van der Waals surface area contributed by atoms with Crippen LogP contribution in [0.2, 0.25) is 15.1 Å². The lowest BCUT2D eigenvalue weighted by molar-refractivity contribution is -0.0182. The highest BCUT2D eigenvalue weighted by molar-refractivity contribution is 6.35. The van der Waals surface area contributed by atoms with Crippen molar-refractivity contribution in [2.24, 2.45) is 0 Å². The number of anilines is 2. The first kappa shape index (κ1) is 24.8. The van der Waals surface area contributed by atoms with Crippen molar-refractivity contribution in [1.29, 1.82) is 0 Å². The Hall–Kier alpha value is -1.35. The summed E-state index contributed by atoms with van der Waals surface area (Å²) in [5.41, 5.74) is 0.916. The molecule has 0 radical (unpaired) electrons. The SMILES string of the molecule is C[C@@H](Nc1nc(N2CCC(OC3CCN(CCO)C3)CC2)ncc1Cl)c1ccc(Cl)cc1Cl. The van der Waals surface area contributed by atoms with Crippen molar-refractivity contribution in [2.75, 3.05) is 49.5 Å². The third-order valence-electron chi connectivity index (χ3n) is 6.27. The van der Waals surface area contributed by atoms with Gasteiger partial charge in [0.25, 0.3) is 0 Å². The van der Waals surface area contributed by atoms with Crippen molar-refractivity contribution in [1.82, 2.24) is 14.9 Å². The molecule has 4 rings (SSSR count). The molecular formula is C23H30Cl3N5O2. The number of rotatable bonds is 8. The summed E-state index contributed by atoms with van der Waals surface area (Å²) in [6, 6.07) is 5.34. The maximum Gasteiger partial charge on any atom is 0.227 e. The van der Waals surface area contributed by atoms with E-state index in [1.165, 1.54) is 0 Å². The number of hydrogen-bond acceptors (Lipinski definition) is 7. The van der Waals surface area contributed by atoms with Crippen LogP contribution in [0.1, 0.15) is 37.8 Å². The topological polar surface area (TPSA) is 73.8 Å². The molecule has 2 fully saturated rings. The minimum absolute atomic E-state index is 0.106. The monoisotopic (exact) mass is 513 g/mol. The zero-order valence-electron chi connectivity index (χ0n) is 18.7. The number of nitrogens with zero attached hydrogens (tertiary/aromatic N) is 4. The summed E-state index contributed by atoms with van der Waals surface area (Å²) >= 11 is 18.8. The number of piperidine rings is 1.